The van der Waals surface area contributed by atoms with Gasteiger partial charge in [-0.1, -0.05) is 36.4 Å². The van der Waals surface area contributed by atoms with Crippen molar-refractivity contribution in [2.75, 3.05) is 32.7 Å². The Bertz CT molecular complexity index is 877. The zero-order chi connectivity index (χ0) is 20.4. The zero-order valence-corrected chi connectivity index (χ0v) is 17.5. The van der Waals surface area contributed by atoms with Crippen LogP contribution in [0.2, 0.25) is 0 Å². The maximum atomic E-state index is 13.4. The van der Waals surface area contributed by atoms with E-state index in [4.69, 9.17) is 0 Å². The second-order valence-corrected chi connectivity index (χ2v) is 8.63. The van der Waals surface area contributed by atoms with Crippen LogP contribution in [0.4, 0.5) is 0 Å². The fraction of sp³-hybridized carbons (Fsp3) is 0.458. The molecule has 5 nitrogen and oxygen atoms in total. The topological polar surface area (TPSA) is 49.3 Å². The predicted octanol–water partition coefficient (Wildman–Crippen LogP) is 3.29. The second-order valence-electron chi connectivity index (χ2n) is 8.63. The lowest BCUT2D eigenvalue weighted by Gasteiger charge is -2.29. The number of hydrogen-bond donors (Lipinski definition) is 0. The molecular weight excluding hydrogens is 360 g/mol. The third kappa shape index (κ3) is 3.84. The van der Waals surface area contributed by atoms with Crippen molar-refractivity contribution in [3.05, 3.63) is 71.8 Å². The van der Waals surface area contributed by atoms with Gasteiger partial charge in [-0.2, -0.15) is 0 Å². The van der Waals surface area contributed by atoms with Gasteiger partial charge in [0.05, 0.1) is 17.0 Å². The number of amides is 1. The number of likely N-dealkylation sites (tertiary alicyclic amines) is 2. The Hall–Kier alpha value is -2.53. The van der Waals surface area contributed by atoms with Crippen LogP contribution in [0.25, 0.3) is 0 Å². The summed E-state index contributed by atoms with van der Waals surface area (Å²) in [7, 11) is 0. The molecule has 0 aliphatic carbocycles. The molecule has 0 saturated carbocycles. The summed E-state index contributed by atoms with van der Waals surface area (Å²) in [4.78, 5) is 26.4. The van der Waals surface area contributed by atoms with Crippen molar-refractivity contribution in [2.24, 2.45) is 11.3 Å². The Labute approximate surface area is 173 Å². The molecular formula is C24H30N4O. The van der Waals surface area contributed by atoms with Crippen molar-refractivity contribution in [1.29, 1.82) is 0 Å². The van der Waals surface area contributed by atoms with E-state index in [-0.39, 0.29) is 11.3 Å². The maximum absolute atomic E-state index is 13.4. The highest BCUT2D eigenvalue weighted by Gasteiger charge is 2.52. The number of nitrogens with zero attached hydrogens (tertiary/aromatic N) is 4. The van der Waals surface area contributed by atoms with Gasteiger partial charge < -0.3 is 4.90 Å². The Kier molecular flexibility index (Phi) is 5.50. The summed E-state index contributed by atoms with van der Waals surface area (Å²) in [6, 6.07) is 10.7. The molecule has 2 unspecified atom stereocenters. The highest BCUT2D eigenvalue weighted by atomic mass is 16.2. The number of fused-ring (bicyclic) bond motifs is 1. The van der Waals surface area contributed by atoms with E-state index in [1.807, 2.05) is 19.9 Å². The van der Waals surface area contributed by atoms with Crippen LogP contribution in [0.1, 0.15) is 33.7 Å². The molecule has 2 saturated heterocycles. The van der Waals surface area contributed by atoms with E-state index in [0.29, 0.717) is 11.5 Å². The average Bonchev–Trinajstić information content (AvgIpc) is 3.21. The lowest BCUT2D eigenvalue weighted by atomic mass is 9.76. The minimum Gasteiger partial charge on any atom is -0.338 e. The second kappa shape index (κ2) is 8.07. The van der Waals surface area contributed by atoms with Crippen molar-refractivity contribution >= 4 is 5.91 Å². The summed E-state index contributed by atoms with van der Waals surface area (Å²) < 4.78 is 0. The molecule has 1 aromatic heterocycles. The molecule has 152 valence electrons. The number of aromatic nitrogens is 2. The van der Waals surface area contributed by atoms with Crippen LogP contribution in [-0.4, -0.2) is 58.4 Å². The molecule has 3 heterocycles. The summed E-state index contributed by atoms with van der Waals surface area (Å²) in [5.74, 6) is 0.588. The first-order chi connectivity index (χ1) is 14.0. The lowest BCUT2D eigenvalue weighted by Crippen LogP contribution is -2.37. The maximum Gasteiger partial charge on any atom is 0.257 e. The Morgan fingerprint density at radius 3 is 2.59 bits per heavy atom. The summed E-state index contributed by atoms with van der Waals surface area (Å²) >= 11 is 0. The van der Waals surface area contributed by atoms with E-state index in [1.165, 1.54) is 11.9 Å². The number of carbonyl (C=O) groups excluding carboxylic acids is 1. The standard InChI is InChI=1S/C24H30N4O/c1-4-12-27-13-21-14-28(23(29)22-18(2)25-17-26-19(22)3)16-24(21,15-27)11-10-20-8-6-5-7-9-20/h4-9,17,21H,1,10-16H2,2-3H3. The largest absolute Gasteiger partial charge is 0.338 e. The molecule has 0 bridgehead atoms. The minimum absolute atomic E-state index is 0.0874. The molecule has 2 fully saturated rings. The highest BCUT2D eigenvalue weighted by Crippen LogP contribution is 2.46. The van der Waals surface area contributed by atoms with Crippen molar-refractivity contribution < 1.29 is 4.79 Å². The molecule has 0 spiro atoms. The van der Waals surface area contributed by atoms with Gasteiger partial charge in [-0.15, -0.1) is 6.58 Å². The van der Waals surface area contributed by atoms with Gasteiger partial charge in [0.1, 0.15) is 6.33 Å². The average molecular weight is 391 g/mol. The molecule has 2 atom stereocenters. The van der Waals surface area contributed by atoms with E-state index < -0.39 is 0 Å². The Morgan fingerprint density at radius 2 is 1.90 bits per heavy atom. The normalized spacial score (nSPS) is 23.9. The van der Waals surface area contributed by atoms with Gasteiger partial charge in [-0.25, -0.2) is 9.97 Å². The van der Waals surface area contributed by atoms with Crippen LogP contribution >= 0.6 is 0 Å². The summed E-state index contributed by atoms with van der Waals surface area (Å²) in [5, 5.41) is 0. The van der Waals surface area contributed by atoms with Gasteiger partial charge in [-0.05, 0) is 38.2 Å². The molecule has 0 N–H and O–H groups in total. The van der Waals surface area contributed by atoms with Gasteiger partial charge in [0.15, 0.2) is 0 Å². The van der Waals surface area contributed by atoms with Crippen LogP contribution in [0.3, 0.4) is 0 Å². The third-order valence-electron chi connectivity index (χ3n) is 6.70. The number of rotatable bonds is 6. The highest BCUT2D eigenvalue weighted by molar-refractivity contribution is 5.96. The lowest BCUT2D eigenvalue weighted by molar-refractivity contribution is 0.0755. The first-order valence-corrected chi connectivity index (χ1v) is 10.5. The molecule has 4 rings (SSSR count). The first kappa shape index (κ1) is 19.8. The van der Waals surface area contributed by atoms with Gasteiger partial charge in [0.2, 0.25) is 0 Å². The van der Waals surface area contributed by atoms with Gasteiger partial charge in [0, 0.05) is 38.1 Å². The quantitative estimate of drug-likeness (QED) is 0.710. The van der Waals surface area contributed by atoms with E-state index in [0.717, 1.165) is 57.0 Å². The number of carbonyl (C=O) groups is 1. The third-order valence-corrected chi connectivity index (χ3v) is 6.70. The smallest absolute Gasteiger partial charge is 0.257 e. The van der Waals surface area contributed by atoms with Gasteiger partial charge >= 0.3 is 0 Å². The molecule has 29 heavy (non-hydrogen) atoms. The monoisotopic (exact) mass is 390 g/mol. The SMILES string of the molecule is C=CCN1CC2CN(C(=O)c3c(C)ncnc3C)CC2(CCc2ccccc2)C1. The van der Waals surface area contributed by atoms with Crippen LogP contribution in [0.5, 0.6) is 0 Å². The number of aryl methyl sites for hydroxylation is 3. The van der Waals surface area contributed by atoms with Crippen LogP contribution in [0.15, 0.2) is 49.3 Å². The zero-order valence-electron chi connectivity index (χ0n) is 17.5. The predicted molar refractivity (Wildman–Crippen MR) is 115 cm³/mol. The molecule has 1 aromatic carbocycles. The molecule has 1 amide bonds. The molecule has 5 heteroatoms. The van der Waals surface area contributed by atoms with Crippen molar-refractivity contribution in [1.82, 2.24) is 19.8 Å². The van der Waals surface area contributed by atoms with E-state index >= 15 is 0 Å². The molecule has 0 radical (unpaired) electrons. The van der Waals surface area contributed by atoms with Crippen molar-refractivity contribution in [3.63, 3.8) is 0 Å². The van der Waals surface area contributed by atoms with Crippen molar-refractivity contribution in [2.45, 2.75) is 26.7 Å². The first-order valence-electron chi connectivity index (χ1n) is 10.5. The fourth-order valence-corrected chi connectivity index (χ4v) is 5.22. The van der Waals surface area contributed by atoms with E-state index in [9.17, 15) is 4.79 Å². The Balaban J connectivity index is 1.55. The number of hydrogen-bond acceptors (Lipinski definition) is 4. The summed E-state index contributed by atoms with van der Waals surface area (Å²) in [6.07, 6.45) is 5.67. The fourth-order valence-electron chi connectivity index (χ4n) is 5.22. The van der Waals surface area contributed by atoms with E-state index in [2.05, 4.69) is 56.7 Å². The van der Waals surface area contributed by atoms with Crippen LogP contribution < -0.4 is 0 Å². The number of benzene rings is 1. The summed E-state index contributed by atoms with van der Waals surface area (Å²) in [6.45, 7) is 12.3. The van der Waals surface area contributed by atoms with Crippen LogP contribution in [0, 0.1) is 25.2 Å². The molecule has 2 aliphatic heterocycles. The molecule has 2 aromatic rings. The van der Waals surface area contributed by atoms with Gasteiger partial charge in [0.25, 0.3) is 5.91 Å². The van der Waals surface area contributed by atoms with E-state index in [1.54, 1.807) is 0 Å². The molecule has 2 aliphatic rings. The van der Waals surface area contributed by atoms with Crippen LogP contribution in [-0.2, 0) is 6.42 Å². The minimum atomic E-state index is 0.0874. The van der Waals surface area contributed by atoms with Crippen molar-refractivity contribution in [3.8, 4) is 0 Å². The van der Waals surface area contributed by atoms with Gasteiger partial charge in [-0.3, -0.25) is 9.69 Å². The Morgan fingerprint density at radius 1 is 1.17 bits per heavy atom. The summed E-state index contributed by atoms with van der Waals surface area (Å²) in [5.41, 5.74) is 3.73.